The molecule has 138 valence electrons. The Hall–Kier alpha value is -2.15. The smallest absolute Gasteiger partial charge is 0.257 e. The molecule has 0 saturated heterocycles. The molecule has 0 spiro atoms. The number of ether oxygens (including phenoxy) is 2. The maximum atomic E-state index is 12.8. The van der Waals surface area contributed by atoms with Crippen LogP contribution in [0.5, 0.6) is 5.88 Å². The van der Waals surface area contributed by atoms with Crippen molar-refractivity contribution in [2.45, 2.75) is 44.6 Å². The number of carbonyl (C=O) groups is 2. The fourth-order valence-corrected chi connectivity index (χ4v) is 3.08. The second-order valence-corrected chi connectivity index (χ2v) is 6.15. The molecule has 25 heavy (non-hydrogen) atoms. The van der Waals surface area contributed by atoms with Crippen molar-refractivity contribution in [2.75, 3.05) is 26.9 Å². The summed E-state index contributed by atoms with van der Waals surface area (Å²) in [7, 11) is 1.58. The fraction of sp³-hybridized carbons (Fsp3) is 0.611. The molecule has 1 aromatic rings. The number of pyridine rings is 1. The van der Waals surface area contributed by atoms with Crippen molar-refractivity contribution >= 4 is 11.8 Å². The second kappa shape index (κ2) is 9.36. The van der Waals surface area contributed by atoms with Gasteiger partial charge in [-0.15, -0.1) is 0 Å². The molecule has 2 amide bonds. The van der Waals surface area contributed by atoms with Crippen molar-refractivity contribution in [3.63, 3.8) is 0 Å². The van der Waals surface area contributed by atoms with Gasteiger partial charge in [0.15, 0.2) is 0 Å². The van der Waals surface area contributed by atoms with Crippen molar-refractivity contribution in [1.82, 2.24) is 15.6 Å². The Morgan fingerprint density at radius 2 is 2.00 bits per heavy atom. The van der Waals surface area contributed by atoms with E-state index in [0.29, 0.717) is 38.2 Å². The van der Waals surface area contributed by atoms with Crippen LogP contribution in [0.3, 0.4) is 0 Å². The molecule has 1 heterocycles. The van der Waals surface area contributed by atoms with Crippen LogP contribution in [0, 0.1) is 0 Å². The van der Waals surface area contributed by atoms with Gasteiger partial charge in [-0.05, 0) is 31.9 Å². The minimum absolute atomic E-state index is 0.117. The van der Waals surface area contributed by atoms with Crippen LogP contribution in [0.1, 0.15) is 49.4 Å². The van der Waals surface area contributed by atoms with E-state index in [-0.39, 0.29) is 17.7 Å². The first kappa shape index (κ1) is 19.2. The van der Waals surface area contributed by atoms with E-state index in [1.165, 1.54) is 0 Å². The van der Waals surface area contributed by atoms with Crippen molar-refractivity contribution in [1.29, 1.82) is 0 Å². The lowest BCUT2D eigenvalue weighted by molar-refractivity contribution is -0.128. The molecule has 7 nitrogen and oxygen atoms in total. The minimum Gasteiger partial charge on any atom is -0.475 e. The van der Waals surface area contributed by atoms with Gasteiger partial charge in [-0.25, -0.2) is 4.98 Å². The van der Waals surface area contributed by atoms with Gasteiger partial charge in [-0.3, -0.25) is 9.59 Å². The predicted molar refractivity (Wildman–Crippen MR) is 93.6 cm³/mol. The standard InChI is InChI=1S/C18H27N3O4/c1-3-19-17(23)18(9-5-4-6-10-18)21-15(22)14-8-7-11-20-16(14)25-13-12-24-2/h7-8,11H,3-6,9-10,12-13H2,1-2H3,(H,19,23)(H,21,22). The largest absolute Gasteiger partial charge is 0.475 e. The van der Waals surface area contributed by atoms with Crippen molar-refractivity contribution in [2.24, 2.45) is 0 Å². The van der Waals surface area contributed by atoms with Gasteiger partial charge in [0, 0.05) is 19.9 Å². The molecule has 7 heteroatoms. The Bertz CT molecular complexity index is 585. The molecule has 1 fully saturated rings. The van der Waals surface area contributed by atoms with Gasteiger partial charge in [0.25, 0.3) is 5.91 Å². The number of carbonyl (C=O) groups excluding carboxylic acids is 2. The molecule has 1 aliphatic carbocycles. The second-order valence-electron chi connectivity index (χ2n) is 6.15. The van der Waals surface area contributed by atoms with E-state index >= 15 is 0 Å². The van der Waals surface area contributed by atoms with Crippen LogP contribution >= 0.6 is 0 Å². The molecule has 2 rings (SSSR count). The first-order valence-electron chi connectivity index (χ1n) is 8.80. The number of aromatic nitrogens is 1. The normalized spacial score (nSPS) is 16.1. The number of likely N-dealkylation sites (N-methyl/N-ethyl adjacent to an activating group) is 1. The van der Waals surface area contributed by atoms with Gasteiger partial charge < -0.3 is 20.1 Å². The third kappa shape index (κ3) is 4.92. The quantitative estimate of drug-likeness (QED) is 0.697. The Morgan fingerprint density at radius 3 is 2.68 bits per heavy atom. The number of amides is 2. The molecular weight excluding hydrogens is 322 g/mol. The lowest BCUT2D eigenvalue weighted by atomic mass is 9.80. The van der Waals surface area contributed by atoms with Gasteiger partial charge in [0.2, 0.25) is 11.8 Å². The molecule has 2 N–H and O–H groups in total. The molecule has 1 aromatic heterocycles. The summed E-state index contributed by atoms with van der Waals surface area (Å²) in [5.74, 6) is -0.207. The van der Waals surface area contributed by atoms with E-state index in [1.807, 2.05) is 6.92 Å². The lowest BCUT2D eigenvalue weighted by Crippen LogP contribution is -2.59. The number of nitrogens with zero attached hydrogens (tertiary/aromatic N) is 1. The zero-order chi connectivity index (χ0) is 18.1. The zero-order valence-corrected chi connectivity index (χ0v) is 15.0. The summed E-state index contributed by atoms with van der Waals surface area (Å²) >= 11 is 0. The van der Waals surface area contributed by atoms with Gasteiger partial charge in [0.1, 0.15) is 17.7 Å². The monoisotopic (exact) mass is 349 g/mol. The highest BCUT2D eigenvalue weighted by Gasteiger charge is 2.41. The van der Waals surface area contributed by atoms with Crippen LogP contribution in [0.2, 0.25) is 0 Å². The highest BCUT2D eigenvalue weighted by molar-refractivity contribution is 6.00. The lowest BCUT2D eigenvalue weighted by Gasteiger charge is -2.36. The van der Waals surface area contributed by atoms with Gasteiger partial charge in [-0.1, -0.05) is 19.3 Å². The van der Waals surface area contributed by atoms with E-state index in [9.17, 15) is 9.59 Å². The molecule has 0 atom stereocenters. The maximum absolute atomic E-state index is 12.8. The van der Waals surface area contributed by atoms with Gasteiger partial charge in [-0.2, -0.15) is 0 Å². The molecule has 0 radical (unpaired) electrons. The summed E-state index contributed by atoms with van der Waals surface area (Å²) in [6.07, 6.45) is 5.77. The average Bonchev–Trinajstić information content (AvgIpc) is 2.63. The molecule has 0 aliphatic heterocycles. The van der Waals surface area contributed by atoms with Crippen molar-refractivity contribution < 1.29 is 19.1 Å². The molecule has 0 aromatic carbocycles. The van der Waals surface area contributed by atoms with Gasteiger partial charge >= 0.3 is 0 Å². The van der Waals surface area contributed by atoms with E-state index < -0.39 is 5.54 Å². The van der Waals surface area contributed by atoms with Crippen molar-refractivity contribution in [3.8, 4) is 5.88 Å². The fourth-order valence-electron chi connectivity index (χ4n) is 3.08. The van der Waals surface area contributed by atoms with Crippen LogP contribution in [0.4, 0.5) is 0 Å². The summed E-state index contributed by atoms with van der Waals surface area (Å²) < 4.78 is 10.5. The number of methoxy groups -OCH3 is 1. The van der Waals surface area contributed by atoms with E-state index in [2.05, 4.69) is 15.6 Å². The van der Waals surface area contributed by atoms with Crippen LogP contribution in [-0.2, 0) is 9.53 Å². The highest BCUT2D eigenvalue weighted by atomic mass is 16.5. The third-order valence-electron chi connectivity index (χ3n) is 4.37. The zero-order valence-electron chi connectivity index (χ0n) is 15.0. The number of hydrogen-bond donors (Lipinski definition) is 2. The average molecular weight is 349 g/mol. The van der Waals surface area contributed by atoms with Gasteiger partial charge in [0.05, 0.1) is 6.61 Å². The SMILES string of the molecule is CCNC(=O)C1(NC(=O)c2cccnc2OCCOC)CCCCC1. The number of nitrogens with one attached hydrogen (secondary N) is 2. The molecular formula is C18H27N3O4. The first-order chi connectivity index (χ1) is 12.1. The molecule has 0 unspecified atom stereocenters. The third-order valence-corrected chi connectivity index (χ3v) is 4.37. The van der Waals surface area contributed by atoms with E-state index in [1.54, 1.807) is 25.4 Å². The van der Waals surface area contributed by atoms with Crippen LogP contribution in [-0.4, -0.2) is 49.2 Å². The summed E-state index contributed by atoms with van der Waals surface area (Å²) in [4.78, 5) is 29.6. The first-order valence-corrected chi connectivity index (χ1v) is 8.80. The van der Waals surface area contributed by atoms with Crippen LogP contribution < -0.4 is 15.4 Å². The topological polar surface area (TPSA) is 89.6 Å². The van der Waals surface area contributed by atoms with E-state index in [0.717, 1.165) is 19.3 Å². The Labute approximate surface area is 148 Å². The van der Waals surface area contributed by atoms with Crippen LogP contribution in [0.25, 0.3) is 0 Å². The summed E-state index contributed by atoms with van der Waals surface area (Å²) in [5, 5.41) is 5.81. The van der Waals surface area contributed by atoms with Crippen LogP contribution in [0.15, 0.2) is 18.3 Å². The van der Waals surface area contributed by atoms with Crippen molar-refractivity contribution in [3.05, 3.63) is 23.9 Å². The highest BCUT2D eigenvalue weighted by Crippen LogP contribution is 2.29. The number of rotatable bonds is 8. The maximum Gasteiger partial charge on any atom is 0.257 e. The Kier molecular flexibility index (Phi) is 7.18. The molecule has 1 saturated carbocycles. The Balaban J connectivity index is 2.17. The summed E-state index contributed by atoms with van der Waals surface area (Å²) in [6, 6.07) is 3.33. The van der Waals surface area contributed by atoms with E-state index in [4.69, 9.17) is 9.47 Å². The number of hydrogen-bond acceptors (Lipinski definition) is 5. The summed E-state index contributed by atoms with van der Waals surface area (Å²) in [5.41, 5.74) is -0.529. The minimum atomic E-state index is -0.856. The predicted octanol–water partition coefficient (Wildman–Crippen LogP) is 1.68. The molecule has 1 aliphatic rings. The summed E-state index contributed by atoms with van der Waals surface area (Å²) in [6.45, 7) is 3.11. The Morgan fingerprint density at radius 1 is 1.24 bits per heavy atom. The molecule has 0 bridgehead atoms.